The average molecular weight is 290 g/mol. The van der Waals surface area contributed by atoms with Crippen LogP contribution in [-0.2, 0) is 0 Å². The molecule has 1 unspecified atom stereocenters. The molecule has 7 heteroatoms. The van der Waals surface area contributed by atoms with E-state index in [-0.39, 0.29) is 23.0 Å². The molecule has 0 bridgehead atoms. The summed E-state index contributed by atoms with van der Waals surface area (Å²) in [7, 11) is 0. The summed E-state index contributed by atoms with van der Waals surface area (Å²) in [5.74, 6) is -0.420. The zero-order valence-corrected chi connectivity index (χ0v) is 11.6. The van der Waals surface area contributed by atoms with Crippen LogP contribution in [0.3, 0.4) is 0 Å². The molecule has 0 aromatic heterocycles. The SMILES string of the molecule is Nc1cccc(C(=O)NC2CCN(C3CC3)C2)c1[N+](=O)[O-]. The standard InChI is InChI=1S/C14H18N4O3/c15-12-3-1-2-11(13(12)18(20)21)14(19)16-9-6-7-17(8-9)10-4-5-10/h1-3,9-10H,4-8,15H2,(H,16,19). The molecule has 1 aromatic rings. The van der Waals surface area contributed by atoms with Crippen molar-refractivity contribution in [3.63, 3.8) is 0 Å². The lowest BCUT2D eigenvalue weighted by Gasteiger charge is -2.16. The van der Waals surface area contributed by atoms with Crippen LogP contribution in [0.2, 0.25) is 0 Å². The number of nitrogens with zero attached hydrogens (tertiary/aromatic N) is 2. The lowest BCUT2D eigenvalue weighted by atomic mass is 10.1. The number of nitro benzene ring substituents is 1. The zero-order valence-electron chi connectivity index (χ0n) is 11.6. The highest BCUT2D eigenvalue weighted by molar-refractivity contribution is 6.00. The number of nitro groups is 1. The van der Waals surface area contributed by atoms with Crippen LogP contribution in [0.4, 0.5) is 11.4 Å². The predicted molar refractivity (Wildman–Crippen MR) is 78.0 cm³/mol. The van der Waals surface area contributed by atoms with Gasteiger partial charge in [-0.05, 0) is 31.4 Å². The van der Waals surface area contributed by atoms with Crippen LogP contribution in [0, 0.1) is 10.1 Å². The second-order valence-corrected chi connectivity index (χ2v) is 5.69. The molecular formula is C14H18N4O3. The summed E-state index contributed by atoms with van der Waals surface area (Å²) in [6.45, 7) is 1.81. The first-order chi connectivity index (χ1) is 10.1. The van der Waals surface area contributed by atoms with E-state index in [1.807, 2.05) is 0 Å². The van der Waals surface area contributed by atoms with Gasteiger partial charge in [0, 0.05) is 25.2 Å². The van der Waals surface area contributed by atoms with Gasteiger partial charge in [0.1, 0.15) is 11.3 Å². The fourth-order valence-corrected chi connectivity index (χ4v) is 2.89. The minimum absolute atomic E-state index is 0.0127. The predicted octanol–water partition coefficient (Wildman–Crippen LogP) is 1.14. The average Bonchev–Trinajstić information content (AvgIpc) is 3.19. The van der Waals surface area contributed by atoms with Crippen LogP contribution < -0.4 is 11.1 Å². The molecule has 21 heavy (non-hydrogen) atoms. The number of benzene rings is 1. The topological polar surface area (TPSA) is 102 Å². The zero-order chi connectivity index (χ0) is 15.0. The van der Waals surface area contributed by atoms with Crippen LogP contribution in [-0.4, -0.2) is 40.9 Å². The minimum atomic E-state index is -0.602. The van der Waals surface area contributed by atoms with Crippen LogP contribution >= 0.6 is 0 Å². The summed E-state index contributed by atoms with van der Waals surface area (Å²) in [5, 5.41) is 14.0. The van der Waals surface area contributed by atoms with E-state index < -0.39 is 10.8 Å². The second kappa shape index (κ2) is 5.33. The molecule has 1 atom stereocenters. The number of nitrogens with two attached hydrogens (primary N) is 1. The van der Waals surface area contributed by atoms with Crippen LogP contribution in [0.1, 0.15) is 29.6 Å². The van der Waals surface area contributed by atoms with Crippen LogP contribution in [0.25, 0.3) is 0 Å². The molecule has 2 fully saturated rings. The van der Waals surface area contributed by atoms with Crippen LogP contribution in [0.15, 0.2) is 18.2 Å². The van der Waals surface area contributed by atoms with Gasteiger partial charge in [0.15, 0.2) is 0 Å². The molecule has 0 spiro atoms. The third-order valence-corrected chi connectivity index (χ3v) is 4.11. The first kappa shape index (κ1) is 13.8. The maximum Gasteiger partial charge on any atom is 0.304 e. The van der Waals surface area contributed by atoms with E-state index in [4.69, 9.17) is 5.73 Å². The molecule has 0 radical (unpaired) electrons. The van der Waals surface area contributed by atoms with Gasteiger partial charge in [0.2, 0.25) is 0 Å². The van der Waals surface area contributed by atoms with E-state index >= 15 is 0 Å². The maximum atomic E-state index is 12.3. The molecule has 112 valence electrons. The normalized spacial score (nSPS) is 22.2. The summed E-state index contributed by atoms with van der Waals surface area (Å²) >= 11 is 0. The Kier molecular flexibility index (Phi) is 3.50. The van der Waals surface area contributed by atoms with Crippen molar-refractivity contribution < 1.29 is 9.72 Å². The molecule has 3 N–H and O–H groups in total. The van der Waals surface area contributed by atoms with Gasteiger partial charge < -0.3 is 11.1 Å². The van der Waals surface area contributed by atoms with Crippen LogP contribution in [0.5, 0.6) is 0 Å². The number of hydrogen-bond donors (Lipinski definition) is 2. The summed E-state index contributed by atoms with van der Waals surface area (Å²) in [6.07, 6.45) is 3.36. The highest BCUT2D eigenvalue weighted by Gasteiger charge is 2.35. The van der Waals surface area contributed by atoms with Crippen molar-refractivity contribution in [2.75, 3.05) is 18.8 Å². The van der Waals surface area contributed by atoms with Crippen molar-refractivity contribution in [3.05, 3.63) is 33.9 Å². The number of nitrogen functional groups attached to an aromatic ring is 1. The van der Waals surface area contributed by atoms with Crippen molar-refractivity contribution in [3.8, 4) is 0 Å². The van der Waals surface area contributed by atoms with Gasteiger partial charge >= 0.3 is 5.69 Å². The maximum absolute atomic E-state index is 12.3. The molecule has 1 aromatic carbocycles. The van der Waals surface area contributed by atoms with Crippen molar-refractivity contribution in [2.24, 2.45) is 0 Å². The first-order valence-electron chi connectivity index (χ1n) is 7.14. The summed E-state index contributed by atoms with van der Waals surface area (Å²) in [5.41, 5.74) is 5.34. The van der Waals surface area contributed by atoms with Gasteiger partial charge in [-0.25, -0.2) is 0 Å². The van der Waals surface area contributed by atoms with Gasteiger partial charge in [0.05, 0.1) is 4.92 Å². The van der Waals surface area contributed by atoms with E-state index in [2.05, 4.69) is 10.2 Å². The number of carbonyl (C=O) groups is 1. The Bertz CT molecular complexity index is 586. The van der Waals surface area contributed by atoms with Crippen molar-refractivity contribution in [2.45, 2.75) is 31.3 Å². The lowest BCUT2D eigenvalue weighted by Crippen LogP contribution is -2.37. The highest BCUT2D eigenvalue weighted by atomic mass is 16.6. The van der Waals surface area contributed by atoms with Crippen molar-refractivity contribution in [1.29, 1.82) is 0 Å². The summed E-state index contributed by atoms with van der Waals surface area (Å²) in [4.78, 5) is 25.1. The molecular weight excluding hydrogens is 272 g/mol. The summed E-state index contributed by atoms with van der Waals surface area (Å²) in [6, 6.07) is 5.16. The Morgan fingerprint density at radius 3 is 2.81 bits per heavy atom. The largest absolute Gasteiger partial charge is 0.393 e. The van der Waals surface area contributed by atoms with Gasteiger partial charge in [0.25, 0.3) is 5.91 Å². The molecule has 1 heterocycles. The van der Waals surface area contributed by atoms with Gasteiger partial charge in [-0.1, -0.05) is 6.07 Å². The molecule has 3 rings (SSSR count). The molecule has 1 amide bonds. The number of anilines is 1. The van der Waals surface area contributed by atoms with Gasteiger partial charge in [-0.15, -0.1) is 0 Å². The fraction of sp³-hybridized carbons (Fsp3) is 0.500. The number of rotatable bonds is 4. The molecule has 1 aliphatic carbocycles. The molecule has 7 nitrogen and oxygen atoms in total. The minimum Gasteiger partial charge on any atom is -0.393 e. The van der Waals surface area contributed by atoms with E-state index in [1.54, 1.807) is 6.07 Å². The molecule has 1 saturated carbocycles. The number of amides is 1. The van der Waals surface area contributed by atoms with Crippen molar-refractivity contribution >= 4 is 17.3 Å². The van der Waals surface area contributed by atoms with E-state index in [0.29, 0.717) is 6.04 Å². The number of nitrogens with one attached hydrogen (secondary N) is 1. The Labute approximate surface area is 122 Å². The number of likely N-dealkylation sites (tertiary alicyclic amines) is 1. The molecule has 1 aliphatic heterocycles. The monoisotopic (exact) mass is 290 g/mol. The van der Waals surface area contributed by atoms with E-state index in [1.165, 1.54) is 25.0 Å². The first-order valence-corrected chi connectivity index (χ1v) is 7.14. The second-order valence-electron chi connectivity index (χ2n) is 5.69. The number of carbonyl (C=O) groups excluding carboxylic acids is 1. The Balaban J connectivity index is 1.71. The Hall–Kier alpha value is -2.15. The molecule has 1 saturated heterocycles. The lowest BCUT2D eigenvalue weighted by molar-refractivity contribution is -0.384. The molecule has 2 aliphatic rings. The van der Waals surface area contributed by atoms with Crippen molar-refractivity contribution in [1.82, 2.24) is 10.2 Å². The van der Waals surface area contributed by atoms with Gasteiger partial charge in [-0.3, -0.25) is 19.8 Å². The number of hydrogen-bond acceptors (Lipinski definition) is 5. The van der Waals surface area contributed by atoms with E-state index in [9.17, 15) is 14.9 Å². The quantitative estimate of drug-likeness (QED) is 0.492. The third-order valence-electron chi connectivity index (χ3n) is 4.11. The fourth-order valence-electron chi connectivity index (χ4n) is 2.89. The van der Waals surface area contributed by atoms with Gasteiger partial charge in [-0.2, -0.15) is 0 Å². The van der Waals surface area contributed by atoms with E-state index in [0.717, 1.165) is 19.5 Å². The number of para-hydroxylation sites is 1. The Morgan fingerprint density at radius 2 is 2.14 bits per heavy atom. The highest BCUT2D eigenvalue weighted by Crippen LogP contribution is 2.30. The third kappa shape index (κ3) is 2.82. The smallest absolute Gasteiger partial charge is 0.304 e. The summed E-state index contributed by atoms with van der Waals surface area (Å²) < 4.78 is 0. The Morgan fingerprint density at radius 1 is 1.38 bits per heavy atom.